The molecule has 1 aliphatic rings. The van der Waals surface area contributed by atoms with Gasteiger partial charge in [0.25, 0.3) is 0 Å². The molecule has 1 N–H and O–H groups in total. The van der Waals surface area contributed by atoms with Gasteiger partial charge in [0, 0.05) is 70.7 Å². The average Bonchev–Trinajstić information content (AvgIpc) is 3.47. The highest BCUT2D eigenvalue weighted by Crippen LogP contribution is 2.27. The Bertz CT molecular complexity index is 1140. The van der Waals surface area contributed by atoms with Crippen molar-refractivity contribution in [2.24, 2.45) is 0 Å². The van der Waals surface area contributed by atoms with Crippen LogP contribution in [0.5, 0.6) is 0 Å². The number of hydrogen-bond acceptors (Lipinski definition) is 6. The lowest BCUT2D eigenvalue weighted by molar-refractivity contribution is 0.0899. The van der Waals surface area contributed by atoms with Crippen LogP contribution in [0.4, 0.5) is 9.18 Å². The zero-order valence-corrected chi connectivity index (χ0v) is 21.6. The third-order valence-electron chi connectivity index (χ3n) is 6.32. The van der Waals surface area contributed by atoms with Crippen molar-refractivity contribution in [3.63, 3.8) is 0 Å². The Hall–Kier alpha value is -2.83. The van der Waals surface area contributed by atoms with Crippen LogP contribution in [0.15, 0.2) is 31.0 Å². The first-order valence-electron chi connectivity index (χ1n) is 11.9. The van der Waals surface area contributed by atoms with E-state index in [1.807, 2.05) is 23.0 Å². The third kappa shape index (κ3) is 6.24. The number of fused-ring (bicyclic) bond motifs is 1. The summed E-state index contributed by atoms with van der Waals surface area (Å²) in [6, 6.07) is 2.62. The zero-order valence-electron chi connectivity index (χ0n) is 20.6. The van der Waals surface area contributed by atoms with Crippen LogP contribution < -0.4 is 0 Å². The quantitative estimate of drug-likeness (QED) is 0.334. The van der Waals surface area contributed by atoms with Gasteiger partial charge in [0.15, 0.2) is 0 Å². The van der Waals surface area contributed by atoms with Crippen molar-refractivity contribution in [3.8, 4) is 11.3 Å². The fourth-order valence-electron chi connectivity index (χ4n) is 4.16. The lowest BCUT2D eigenvalue weighted by Crippen LogP contribution is -2.49. The second kappa shape index (κ2) is 10.8. The van der Waals surface area contributed by atoms with Crippen LogP contribution in [-0.4, -0.2) is 99.4 Å². The predicted molar refractivity (Wildman–Crippen MR) is 134 cm³/mol. The van der Waals surface area contributed by atoms with E-state index >= 15 is 0 Å². The number of rotatable bonds is 10. The van der Waals surface area contributed by atoms with Crippen LogP contribution in [0.1, 0.15) is 6.04 Å². The van der Waals surface area contributed by atoms with Gasteiger partial charge in [0.05, 0.1) is 17.9 Å². The van der Waals surface area contributed by atoms with E-state index in [2.05, 4.69) is 39.6 Å². The Labute approximate surface area is 205 Å². The SMILES string of the molecule is C[Si](C)(C)CCOCn1ccc2c(-c3cnn(C(CF)CN4CCN(C(=O)O)CC4)c3)ncnc21. The summed E-state index contributed by atoms with van der Waals surface area (Å²) in [4.78, 5) is 23.5. The molecule has 0 bridgehead atoms. The number of ether oxygens (including phenoxy) is 1. The van der Waals surface area contributed by atoms with Gasteiger partial charge in [-0.05, 0) is 12.1 Å². The Balaban J connectivity index is 1.43. The molecule has 10 nitrogen and oxygen atoms in total. The van der Waals surface area contributed by atoms with Crippen molar-refractivity contribution in [2.45, 2.75) is 38.5 Å². The normalized spacial score (nSPS) is 16.2. The summed E-state index contributed by atoms with van der Waals surface area (Å²) in [5.41, 5.74) is 2.33. The molecule has 35 heavy (non-hydrogen) atoms. The van der Waals surface area contributed by atoms with Crippen LogP contribution >= 0.6 is 0 Å². The van der Waals surface area contributed by atoms with Crippen LogP contribution in [0.25, 0.3) is 22.3 Å². The first-order chi connectivity index (χ1) is 16.7. The van der Waals surface area contributed by atoms with E-state index < -0.39 is 26.9 Å². The largest absolute Gasteiger partial charge is 0.465 e. The molecule has 1 amide bonds. The Morgan fingerprint density at radius 2 is 2.00 bits per heavy atom. The summed E-state index contributed by atoms with van der Waals surface area (Å²) in [7, 11) is -1.14. The molecule has 1 aliphatic heterocycles. The Morgan fingerprint density at radius 1 is 1.23 bits per heavy atom. The van der Waals surface area contributed by atoms with E-state index in [0.717, 1.165) is 34.9 Å². The fraction of sp³-hybridized carbons (Fsp3) is 0.565. The molecular formula is C23H34FN7O3Si. The number of halogens is 1. The second-order valence-corrected chi connectivity index (χ2v) is 15.8. The number of piperazine rings is 1. The highest BCUT2D eigenvalue weighted by atomic mass is 28.3. The number of nitrogens with zero attached hydrogens (tertiary/aromatic N) is 7. The smallest absolute Gasteiger partial charge is 0.407 e. The van der Waals surface area contributed by atoms with Gasteiger partial charge in [-0.1, -0.05) is 19.6 Å². The molecule has 3 aromatic heterocycles. The highest BCUT2D eigenvalue weighted by Gasteiger charge is 2.24. The summed E-state index contributed by atoms with van der Waals surface area (Å²) < 4.78 is 23.5. The molecule has 190 valence electrons. The number of carboxylic acid groups (broad SMARTS) is 1. The maximum absolute atomic E-state index is 14.0. The maximum Gasteiger partial charge on any atom is 0.407 e. The van der Waals surface area contributed by atoms with E-state index in [9.17, 15) is 9.18 Å². The van der Waals surface area contributed by atoms with E-state index in [-0.39, 0.29) is 0 Å². The molecule has 0 saturated carbocycles. The van der Waals surface area contributed by atoms with E-state index in [0.29, 0.717) is 39.5 Å². The van der Waals surface area contributed by atoms with Crippen LogP contribution in [0.2, 0.25) is 25.7 Å². The molecule has 1 fully saturated rings. The highest BCUT2D eigenvalue weighted by molar-refractivity contribution is 6.76. The summed E-state index contributed by atoms with van der Waals surface area (Å²) >= 11 is 0. The molecule has 0 spiro atoms. The molecule has 1 unspecified atom stereocenters. The number of carbonyl (C=O) groups is 1. The number of aromatic nitrogens is 5. The van der Waals surface area contributed by atoms with Gasteiger partial charge in [0.1, 0.15) is 25.4 Å². The van der Waals surface area contributed by atoms with Gasteiger partial charge in [0.2, 0.25) is 0 Å². The molecule has 0 radical (unpaired) electrons. The Kier molecular flexibility index (Phi) is 7.82. The Morgan fingerprint density at radius 3 is 2.69 bits per heavy atom. The minimum absolute atomic E-state index is 0.427. The van der Waals surface area contributed by atoms with E-state index in [1.165, 1.54) is 11.2 Å². The van der Waals surface area contributed by atoms with Gasteiger partial charge in [-0.25, -0.2) is 19.2 Å². The number of hydrogen-bond donors (Lipinski definition) is 1. The molecule has 4 rings (SSSR count). The van der Waals surface area contributed by atoms with Crippen molar-refractivity contribution in [1.29, 1.82) is 0 Å². The average molecular weight is 504 g/mol. The fourth-order valence-corrected chi connectivity index (χ4v) is 4.92. The van der Waals surface area contributed by atoms with Crippen molar-refractivity contribution in [1.82, 2.24) is 34.1 Å². The number of alkyl halides is 1. The first-order valence-corrected chi connectivity index (χ1v) is 15.6. The third-order valence-corrected chi connectivity index (χ3v) is 8.03. The monoisotopic (exact) mass is 503 g/mol. The summed E-state index contributed by atoms with van der Waals surface area (Å²) in [6.07, 6.45) is 6.09. The van der Waals surface area contributed by atoms with Crippen molar-refractivity contribution >= 4 is 25.2 Å². The van der Waals surface area contributed by atoms with Crippen molar-refractivity contribution < 1.29 is 19.0 Å². The predicted octanol–water partition coefficient (Wildman–Crippen LogP) is 3.41. The number of amides is 1. The van der Waals surface area contributed by atoms with Crippen molar-refractivity contribution in [3.05, 3.63) is 31.0 Å². The summed E-state index contributed by atoms with van der Waals surface area (Å²) in [6.45, 7) is 10.1. The van der Waals surface area contributed by atoms with Gasteiger partial charge in [-0.15, -0.1) is 0 Å². The molecule has 1 atom stereocenters. The molecule has 3 aromatic rings. The molecular weight excluding hydrogens is 469 g/mol. The lowest BCUT2D eigenvalue weighted by Gasteiger charge is -2.34. The maximum atomic E-state index is 14.0. The molecule has 0 aromatic carbocycles. The molecule has 4 heterocycles. The van der Waals surface area contributed by atoms with Crippen LogP contribution in [-0.2, 0) is 11.5 Å². The van der Waals surface area contributed by atoms with Gasteiger partial charge in [-0.2, -0.15) is 5.10 Å². The minimum atomic E-state index is -1.14. The van der Waals surface area contributed by atoms with Gasteiger partial charge in [-0.3, -0.25) is 9.58 Å². The first kappa shape index (κ1) is 25.3. The molecule has 12 heteroatoms. The zero-order chi connectivity index (χ0) is 25.0. The molecule has 0 aliphatic carbocycles. The summed E-state index contributed by atoms with van der Waals surface area (Å²) in [5, 5.41) is 14.4. The van der Waals surface area contributed by atoms with Gasteiger partial charge < -0.3 is 19.3 Å². The van der Waals surface area contributed by atoms with E-state index in [4.69, 9.17) is 9.84 Å². The standard InChI is InChI=1S/C23H34FN7O3Si/c1-35(2,3)11-10-34-17-30-5-4-20-21(25-16-26-22(20)30)18-13-27-31(14-18)19(12-24)15-28-6-8-29(9-7-28)23(32)33/h4-5,13-14,16,19H,6-12,15,17H2,1-3H3,(H,32,33). The van der Waals surface area contributed by atoms with Crippen molar-refractivity contribution in [2.75, 3.05) is 46.0 Å². The molecule has 1 saturated heterocycles. The minimum Gasteiger partial charge on any atom is -0.465 e. The topological polar surface area (TPSA) is 102 Å². The van der Waals surface area contributed by atoms with Gasteiger partial charge >= 0.3 is 6.09 Å². The van der Waals surface area contributed by atoms with E-state index in [1.54, 1.807) is 10.9 Å². The second-order valence-electron chi connectivity index (χ2n) is 10.2. The lowest BCUT2D eigenvalue weighted by atomic mass is 10.2. The van der Waals surface area contributed by atoms with Crippen LogP contribution in [0.3, 0.4) is 0 Å². The van der Waals surface area contributed by atoms with Crippen LogP contribution in [0, 0.1) is 0 Å². The summed E-state index contributed by atoms with van der Waals surface area (Å²) in [5.74, 6) is 0.